The Bertz CT molecular complexity index is 642. The van der Waals surface area contributed by atoms with E-state index in [-0.39, 0.29) is 4.77 Å². The number of ether oxygens (including phenoxy) is 3. The fraction of sp³-hybridized carbons (Fsp3) is 0.250. The van der Waals surface area contributed by atoms with E-state index in [0.29, 0.717) is 28.9 Å². The minimum atomic E-state index is 0.190. The van der Waals surface area contributed by atoms with Crippen LogP contribution in [0.3, 0.4) is 0 Å². The van der Waals surface area contributed by atoms with E-state index in [4.69, 9.17) is 26.4 Å². The van der Waals surface area contributed by atoms with Crippen LogP contribution in [0.2, 0.25) is 0 Å². The third-order valence-corrected chi connectivity index (χ3v) is 2.67. The molecule has 0 fully saturated rings. The maximum Gasteiger partial charge on any atom is 0.297 e. The molecule has 2 rings (SSSR count). The highest BCUT2D eigenvalue weighted by atomic mass is 32.1. The van der Waals surface area contributed by atoms with Gasteiger partial charge in [-0.3, -0.25) is 4.98 Å². The summed E-state index contributed by atoms with van der Waals surface area (Å²) in [6.07, 6.45) is 0. The molecule has 2 aromatic rings. The van der Waals surface area contributed by atoms with Gasteiger partial charge in [-0.25, -0.2) is 0 Å². The number of hydrogen-bond acceptors (Lipinski definition) is 6. The van der Waals surface area contributed by atoms with Crippen LogP contribution in [-0.2, 0) is 0 Å². The van der Waals surface area contributed by atoms with Crippen LogP contribution in [0.4, 0.5) is 0 Å². The maximum atomic E-state index is 5.30. The number of aromatic amines is 1. The molecule has 6 nitrogen and oxygen atoms in total. The van der Waals surface area contributed by atoms with Crippen molar-refractivity contribution >= 4 is 12.2 Å². The van der Waals surface area contributed by atoms with Crippen molar-refractivity contribution in [3.05, 3.63) is 23.0 Å². The monoisotopic (exact) mass is 279 g/mol. The Morgan fingerprint density at radius 2 is 1.84 bits per heavy atom. The second-order valence-electron chi connectivity index (χ2n) is 3.56. The smallest absolute Gasteiger partial charge is 0.297 e. The first-order valence-electron chi connectivity index (χ1n) is 5.42. The molecule has 1 aromatic carbocycles. The predicted molar refractivity (Wildman–Crippen MR) is 72.3 cm³/mol. The molecule has 0 radical (unpaired) electrons. The summed E-state index contributed by atoms with van der Waals surface area (Å²) in [6, 6.07) is 5.68. The highest BCUT2D eigenvalue weighted by Crippen LogP contribution is 2.31. The van der Waals surface area contributed by atoms with Crippen molar-refractivity contribution in [1.29, 1.82) is 0 Å². The third kappa shape index (κ3) is 2.82. The number of methoxy groups -OCH3 is 3. The highest BCUT2D eigenvalue weighted by Gasteiger charge is 2.11. The Hall–Kier alpha value is -2.15. The Morgan fingerprint density at radius 1 is 1.05 bits per heavy atom. The Labute approximate surface area is 115 Å². The SMILES string of the molecule is COc1ccc(OC)c(-c2nc(=S)nc(OC)[nH]2)c1. The molecule has 0 saturated heterocycles. The molecular weight excluding hydrogens is 266 g/mol. The predicted octanol–water partition coefficient (Wildman–Crippen LogP) is 2.23. The largest absolute Gasteiger partial charge is 0.497 e. The fourth-order valence-electron chi connectivity index (χ4n) is 1.59. The molecule has 0 aliphatic heterocycles. The second-order valence-corrected chi connectivity index (χ2v) is 3.92. The standard InChI is InChI=1S/C12H13N3O3S/c1-16-7-4-5-9(17-2)8(6-7)10-13-11(18-3)15-12(19)14-10/h4-6H,1-3H3,(H,13,14,15,19). The van der Waals surface area contributed by atoms with Crippen LogP contribution >= 0.6 is 12.2 Å². The van der Waals surface area contributed by atoms with Crippen LogP contribution in [0, 0.1) is 4.77 Å². The molecule has 0 amide bonds. The molecular formula is C12H13N3O3S. The van der Waals surface area contributed by atoms with E-state index in [1.807, 2.05) is 0 Å². The number of H-pyrrole nitrogens is 1. The van der Waals surface area contributed by atoms with Gasteiger partial charge in [-0.2, -0.15) is 9.97 Å². The first kappa shape index (κ1) is 13.3. The van der Waals surface area contributed by atoms with E-state index in [0.717, 1.165) is 0 Å². The second kappa shape index (κ2) is 5.66. The summed E-state index contributed by atoms with van der Waals surface area (Å²) in [5.41, 5.74) is 0.716. The molecule has 0 spiro atoms. The van der Waals surface area contributed by atoms with Crippen molar-refractivity contribution in [3.8, 4) is 28.9 Å². The lowest BCUT2D eigenvalue weighted by Gasteiger charge is -2.10. The quantitative estimate of drug-likeness (QED) is 0.865. The number of aromatic nitrogens is 3. The molecule has 1 N–H and O–H groups in total. The maximum absolute atomic E-state index is 5.30. The molecule has 100 valence electrons. The van der Waals surface area contributed by atoms with Gasteiger partial charge in [0.05, 0.1) is 26.9 Å². The van der Waals surface area contributed by atoms with E-state index < -0.39 is 0 Å². The number of hydrogen-bond donors (Lipinski definition) is 1. The fourth-order valence-corrected chi connectivity index (χ4v) is 1.76. The van der Waals surface area contributed by atoms with Crippen molar-refractivity contribution in [2.75, 3.05) is 21.3 Å². The zero-order chi connectivity index (χ0) is 13.8. The molecule has 0 saturated carbocycles. The Balaban J connectivity index is 2.62. The number of benzene rings is 1. The zero-order valence-corrected chi connectivity index (χ0v) is 11.6. The van der Waals surface area contributed by atoms with Crippen molar-refractivity contribution in [1.82, 2.24) is 15.0 Å². The van der Waals surface area contributed by atoms with E-state index >= 15 is 0 Å². The normalized spacial score (nSPS) is 10.1. The molecule has 1 heterocycles. The van der Waals surface area contributed by atoms with Gasteiger partial charge in [0.1, 0.15) is 17.3 Å². The van der Waals surface area contributed by atoms with Gasteiger partial charge < -0.3 is 14.2 Å². The summed E-state index contributed by atoms with van der Waals surface area (Å²) in [5.74, 6) is 1.84. The molecule has 0 unspecified atom stereocenters. The highest BCUT2D eigenvalue weighted by molar-refractivity contribution is 7.71. The van der Waals surface area contributed by atoms with E-state index in [1.54, 1.807) is 32.4 Å². The van der Waals surface area contributed by atoms with Crippen molar-refractivity contribution < 1.29 is 14.2 Å². The molecule has 0 atom stereocenters. The van der Waals surface area contributed by atoms with Gasteiger partial charge in [0.25, 0.3) is 6.01 Å². The van der Waals surface area contributed by atoms with Crippen molar-refractivity contribution in [3.63, 3.8) is 0 Å². The molecule has 19 heavy (non-hydrogen) atoms. The average molecular weight is 279 g/mol. The summed E-state index contributed by atoms with van der Waals surface area (Å²) in [7, 11) is 4.67. The first-order chi connectivity index (χ1) is 9.17. The van der Waals surface area contributed by atoms with Crippen molar-refractivity contribution in [2.24, 2.45) is 0 Å². The molecule has 0 bridgehead atoms. The Kier molecular flexibility index (Phi) is 3.96. The van der Waals surface area contributed by atoms with Crippen molar-refractivity contribution in [2.45, 2.75) is 0 Å². The van der Waals surface area contributed by atoms with Crippen LogP contribution < -0.4 is 14.2 Å². The summed E-state index contributed by atoms with van der Waals surface area (Å²) >= 11 is 5.00. The lowest BCUT2D eigenvalue weighted by molar-refractivity contribution is 0.377. The number of rotatable bonds is 4. The van der Waals surface area contributed by atoms with Gasteiger partial charge in [0.2, 0.25) is 4.77 Å². The minimum Gasteiger partial charge on any atom is -0.497 e. The van der Waals surface area contributed by atoms with Crippen LogP contribution in [0.1, 0.15) is 0 Å². The van der Waals surface area contributed by atoms with E-state index in [9.17, 15) is 0 Å². The summed E-state index contributed by atoms with van der Waals surface area (Å²) in [5, 5.41) is 0. The topological polar surface area (TPSA) is 69.3 Å². The van der Waals surface area contributed by atoms with Gasteiger partial charge in [-0.1, -0.05) is 0 Å². The first-order valence-corrected chi connectivity index (χ1v) is 5.83. The molecule has 1 aromatic heterocycles. The minimum absolute atomic E-state index is 0.190. The molecule has 0 aliphatic carbocycles. The summed E-state index contributed by atoms with van der Waals surface area (Å²) < 4.78 is 15.7. The van der Waals surface area contributed by atoms with E-state index in [1.165, 1.54) is 7.11 Å². The van der Waals surface area contributed by atoms with Crippen LogP contribution in [0.25, 0.3) is 11.4 Å². The van der Waals surface area contributed by atoms with Crippen LogP contribution in [0.5, 0.6) is 17.5 Å². The molecule has 7 heteroatoms. The van der Waals surface area contributed by atoms with Gasteiger partial charge >= 0.3 is 0 Å². The number of nitrogens with zero attached hydrogens (tertiary/aromatic N) is 2. The lowest BCUT2D eigenvalue weighted by Crippen LogP contribution is -1.99. The molecule has 0 aliphatic rings. The average Bonchev–Trinajstić information content (AvgIpc) is 2.45. The Morgan fingerprint density at radius 3 is 2.47 bits per heavy atom. The van der Waals surface area contributed by atoms with Gasteiger partial charge in [-0.05, 0) is 30.4 Å². The van der Waals surface area contributed by atoms with Crippen LogP contribution in [-0.4, -0.2) is 36.3 Å². The van der Waals surface area contributed by atoms with E-state index in [2.05, 4.69) is 15.0 Å². The van der Waals surface area contributed by atoms with Crippen LogP contribution in [0.15, 0.2) is 18.2 Å². The lowest BCUT2D eigenvalue weighted by atomic mass is 10.2. The van der Waals surface area contributed by atoms with Gasteiger partial charge in [0, 0.05) is 0 Å². The van der Waals surface area contributed by atoms with Gasteiger partial charge in [-0.15, -0.1) is 0 Å². The summed E-state index contributed by atoms with van der Waals surface area (Å²) in [6.45, 7) is 0. The number of nitrogens with one attached hydrogen (secondary N) is 1. The van der Waals surface area contributed by atoms with Gasteiger partial charge in [0.15, 0.2) is 0 Å². The third-order valence-electron chi connectivity index (χ3n) is 2.49. The zero-order valence-electron chi connectivity index (χ0n) is 10.8. The summed E-state index contributed by atoms with van der Waals surface area (Å²) in [4.78, 5) is 11.0.